The molecule has 0 aliphatic carbocycles. The van der Waals surface area contributed by atoms with Crippen LogP contribution in [0.2, 0.25) is 0 Å². The quantitative estimate of drug-likeness (QED) is 0.318. The maximum absolute atomic E-state index is 10.5. The number of para-hydroxylation sites is 1. The van der Waals surface area contributed by atoms with Gasteiger partial charge in [0.05, 0.1) is 0 Å². The van der Waals surface area contributed by atoms with Gasteiger partial charge >= 0.3 is 7.12 Å². The van der Waals surface area contributed by atoms with Gasteiger partial charge in [0, 0.05) is 10.8 Å². The Bertz CT molecular complexity index is 1560. The molecule has 0 spiro atoms. The molecule has 0 aliphatic heterocycles. The van der Waals surface area contributed by atoms with Gasteiger partial charge in [-0.1, -0.05) is 91.0 Å². The van der Waals surface area contributed by atoms with Gasteiger partial charge in [-0.3, -0.25) is 0 Å². The van der Waals surface area contributed by atoms with E-state index in [4.69, 9.17) is 4.42 Å². The van der Waals surface area contributed by atoms with Gasteiger partial charge in [-0.05, 0) is 63.1 Å². The second kappa shape index (κ2) is 8.34. The summed E-state index contributed by atoms with van der Waals surface area (Å²) in [5.74, 6) is 0. The molecule has 6 aromatic rings. The third kappa shape index (κ3) is 3.41. The molecule has 3 nitrogen and oxygen atoms in total. The third-order valence-electron chi connectivity index (χ3n) is 6.32. The van der Waals surface area contributed by atoms with Crippen molar-refractivity contribution in [1.82, 2.24) is 0 Å². The number of fused-ring (bicyclic) bond motifs is 3. The van der Waals surface area contributed by atoms with Gasteiger partial charge in [0.2, 0.25) is 0 Å². The van der Waals surface area contributed by atoms with Crippen molar-refractivity contribution in [3.63, 3.8) is 0 Å². The van der Waals surface area contributed by atoms with Crippen molar-refractivity contribution in [2.75, 3.05) is 0 Å². The Labute approximate surface area is 197 Å². The van der Waals surface area contributed by atoms with E-state index in [9.17, 15) is 10.0 Å². The topological polar surface area (TPSA) is 53.6 Å². The standard InChI is InChI=1S/C30H21BO3/c32-31(33)30-25(20-10-3-1-4-11-20)18-22(19-26(30)21-12-5-2-6-13-21)23-15-9-17-28-29(23)24-14-7-8-16-27(24)34-28/h1-19,32-33H. The maximum Gasteiger partial charge on any atom is 0.489 e. The number of benzene rings is 5. The summed E-state index contributed by atoms with van der Waals surface area (Å²) in [7, 11) is -1.62. The Morgan fingerprint density at radius 1 is 0.500 bits per heavy atom. The Hall–Kier alpha value is -4.12. The van der Waals surface area contributed by atoms with Crippen molar-refractivity contribution in [2.45, 2.75) is 0 Å². The molecule has 0 fully saturated rings. The number of hydrogen-bond acceptors (Lipinski definition) is 3. The molecule has 6 rings (SSSR count). The van der Waals surface area contributed by atoms with Crippen molar-refractivity contribution in [1.29, 1.82) is 0 Å². The van der Waals surface area contributed by atoms with E-state index in [1.165, 1.54) is 0 Å². The molecule has 0 atom stereocenters. The monoisotopic (exact) mass is 440 g/mol. The molecule has 0 aliphatic rings. The van der Waals surface area contributed by atoms with Gasteiger partial charge in [-0.25, -0.2) is 0 Å². The van der Waals surface area contributed by atoms with E-state index < -0.39 is 7.12 Å². The van der Waals surface area contributed by atoms with Crippen molar-refractivity contribution < 1.29 is 14.5 Å². The first-order chi connectivity index (χ1) is 16.7. The van der Waals surface area contributed by atoms with Gasteiger partial charge in [-0.2, -0.15) is 0 Å². The second-order valence-electron chi connectivity index (χ2n) is 8.37. The van der Waals surface area contributed by atoms with Gasteiger partial charge in [0.25, 0.3) is 0 Å². The van der Waals surface area contributed by atoms with Crippen LogP contribution in [0.3, 0.4) is 0 Å². The number of furan rings is 1. The highest BCUT2D eigenvalue weighted by Crippen LogP contribution is 2.39. The zero-order valence-electron chi connectivity index (χ0n) is 18.3. The molecule has 4 heteroatoms. The van der Waals surface area contributed by atoms with Crippen LogP contribution in [0.5, 0.6) is 0 Å². The molecule has 0 radical (unpaired) electrons. The molecule has 5 aromatic carbocycles. The van der Waals surface area contributed by atoms with E-state index in [0.717, 1.165) is 55.3 Å². The normalized spacial score (nSPS) is 11.2. The summed E-state index contributed by atoms with van der Waals surface area (Å²) in [5, 5.41) is 23.1. The van der Waals surface area contributed by atoms with Gasteiger partial charge < -0.3 is 14.5 Å². The van der Waals surface area contributed by atoms with Gasteiger partial charge in [0.1, 0.15) is 11.2 Å². The summed E-state index contributed by atoms with van der Waals surface area (Å²) in [6, 6.07) is 38.0. The minimum atomic E-state index is -1.62. The summed E-state index contributed by atoms with van der Waals surface area (Å²) in [6.07, 6.45) is 0. The number of hydrogen-bond donors (Lipinski definition) is 2. The molecule has 0 unspecified atom stereocenters. The van der Waals surface area contributed by atoms with Crippen LogP contribution >= 0.6 is 0 Å². The van der Waals surface area contributed by atoms with E-state index in [2.05, 4.69) is 12.1 Å². The van der Waals surface area contributed by atoms with Crippen LogP contribution in [-0.2, 0) is 0 Å². The third-order valence-corrected chi connectivity index (χ3v) is 6.32. The van der Waals surface area contributed by atoms with Crippen molar-refractivity contribution in [2.24, 2.45) is 0 Å². The Morgan fingerprint density at radius 3 is 1.68 bits per heavy atom. The van der Waals surface area contributed by atoms with Crippen LogP contribution in [0.25, 0.3) is 55.3 Å². The first kappa shape index (κ1) is 20.5. The molecular weight excluding hydrogens is 419 g/mol. The smallest absolute Gasteiger partial charge is 0.456 e. The predicted octanol–water partition coefficient (Wildman–Crippen LogP) is 6.27. The summed E-state index contributed by atoms with van der Waals surface area (Å²) >= 11 is 0. The summed E-state index contributed by atoms with van der Waals surface area (Å²) in [5.41, 5.74) is 7.61. The Balaban J connectivity index is 1.72. The van der Waals surface area contributed by atoms with Crippen LogP contribution in [0.1, 0.15) is 0 Å². The Morgan fingerprint density at radius 2 is 1.06 bits per heavy atom. The molecule has 0 bridgehead atoms. The van der Waals surface area contributed by atoms with E-state index >= 15 is 0 Å². The van der Waals surface area contributed by atoms with Crippen molar-refractivity contribution >= 4 is 34.5 Å². The molecule has 162 valence electrons. The minimum Gasteiger partial charge on any atom is -0.456 e. The van der Waals surface area contributed by atoms with Crippen LogP contribution in [0.15, 0.2) is 120 Å². The van der Waals surface area contributed by atoms with Crippen LogP contribution in [0, 0.1) is 0 Å². The molecule has 0 saturated carbocycles. The lowest BCUT2D eigenvalue weighted by Gasteiger charge is -2.18. The van der Waals surface area contributed by atoms with Crippen LogP contribution in [0.4, 0.5) is 0 Å². The second-order valence-corrected chi connectivity index (χ2v) is 8.37. The molecule has 0 amide bonds. The molecule has 34 heavy (non-hydrogen) atoms. The highest BCUT2D eigenvalue weighted by molar-refractivity contribution is 6.62. The SMILES string of the molecule is OB(O)c1c(-c2ccccc2)cc(-c2cccc3oc4ccccc4c23)cc1-c1ccccc1. The molecule has 1 heterocycles. The van der Waals surface area contributed by atoms with Crippen molar-refractivity contribution in [3.05, 3.63) is 115 Å². The minimum absolute atomic E-state index is 0.491. The highest BCUT2D eigenvalue weighted by Gasteiger charge is 2.24. The predicted molar refractivity (Wildman–Crippen MR) is 140 cm³/mol. The fourth-order valence-electron chi connectivity index (χ4n) is 4.82. The zero-order chi connectivity index (χ0) is 23.1. The molecule has 1 aromatic heterocycles. The summed E-state index contributed by atoms with van der Waals surface area (Å²) in [6.45, 7) is 0. The molecule has 2 N–H and O–H groups in total. The zero-order valence-corrected chi connectivity index (χ0v) is 18.3. The summed E-state index contributed by atoms with van der Waals surface area (Å²) in [4.78, 5) is 0. The van der Waals surface area contributed by atoms with Gasteiger partial charge in [-0.15, -0.1) is 0 Å². The Kier molecular flexibility index (Phi) is 5.03. The fraction of sp³-hybridized carbons (Fsp3) is 0. The molecular formula is C30H21BO3. The highest BCUT2D eigenvalue weighted by atomic mass is 16.4. The van der Waals surface area contributed by atoms with Crippen LogP contribution in [-0.4, -0.2) is 17.2 Å². The lowest BCUT2D eigenvalue weighted by Crippen LogP contribution is -2.33. The molecule has 0 saturated heterocycles. The van der Waals surface area contributed by atoms with Crippen LogP contribution < -0.4 is 5.46 Å². The van der Waals surface area contributed by atoms with E-state index in [0.29, 0.717) is 5.46 Å². The van der Waals surface area contributed by atoms with E-state index in [-0.39, 0.29) is 0 Å². The maximum atomic E-state index is 10.5. The average molecular weight is 440 g/mol. The first-order valence-electron chi connectivity index (χ1n) is 11.3. The van der Waals surface area contributed by atoms with Crippen molar-refractivity contribution in [3.8, 4) is 33.4 Å². The first-order valence-corrected chi connectivity index (χ1v) is 11.3. The lowest BCUT2D eigenvalue weighted by atomic mass is 9.70. The van der Waals surface area contributed by atoms with E-state index in [1.807, 2.05) is 103 Å². The lowest BCUT2D eigenvalue weighted by molar-refractivity contribution is 0.426. The van der Waals surface area contributed by atoms with E-state index in [1.54, 1.807) is 0 Å². The summed E-state index contributed by atoms with van der Waals surface area (Å²) < 4.78 is 6.13. The van der Waals surface area contributed by atoms with Gasteiger partial charge in [0.15, 0.2) is 0 Å². The largest absolute Gasteiger partial charge is 0.489 e. The average Bonchev–Trinajstić information content (AvgIpc) is 3.28. The fourth-order valence-corrected chi connectivity index (χ4v) is 4.82. The number of rotatable bonds is 4.